The van der Waals surface area contributed by atoms with Crippen LogP contribution in [-0.4, -0.2) is 40.2 Å². The number of nitrogens with one attached hydrogen (secondary N) is 1. The molecule has 28 heavy (non-hydrogen) atoms. The first-order chi connectivity index (χ1) is 13.6. The molecule has 1 atom stereocenters. The maximum atomic E-state index is 12.3. The first-order valence-corrected chi connectivity index (χ1v) is 8.93. The van der Waals surface area contributed by atoms with Crippen molar-refractivity contribution in [3.8, 4) is 17.0 Å². The monoisotopic (exact) mass is 375 g/mol. The Labute approximate surface area is 162 Å². The van der Waals surface area contributed by atoms with Crippen molar-refractivity contribution in [2.75, 3.05) is 23.4 Å². The highest BCUT2D eigenvalue weighted by molar-refractivity contribution is 5.98. The molecule has 0 saturated heterocycles. The van der Waals surface area contributed by atoms with E-state index < -0.39 is 6.10 Å². The number of carbonyl (C=O) groups is 1. The predicted molar refractivity (Wildman–Crippen MR) is 106 cm³/mol. The largest absolute Gasteiger partial charge is 0.474 e. The van der Waals surface area contributed by atoms with Gasteiger partial charge in [0, 0.05) is 11.8 Å². The molecule has 1 radical (unpaired) electrons. The molecule has 3 heterocycles. The van der Waals surface area contributed by atoms with Crippen LogP contribution in [0.5, 0.6) is 5.88 Å². The van der Waals surface area contributed by atoms with E-state index in [-0.39, 0.29) is 5.91 Å². The third kappa shape index (κ3) is 3.65. The summed E-state index contributed by atoms with van der Waals surface area (Å²) in [7, 11) is 0. The quantitative estimate of drug-likeness (QED) is 0.729. The van der Waals surface area contributed by atoms with Crippen LogP contribution in [0.2, 0.25) is 0 Å². The molecule has 0 aliphatic carbocycles. The Morgan fingerprint density at radius 2 is 2.04 bits per heavy atom. The number of carbonyl (C=O) groups excluding carboxylic acids is 1. The molecule has 2 N–H and O–H groups in total. The highest BCUT2D eigenvalue weighted by Gasteiger charge is 2.27. The van der Waals surface area contributed by atoms with Gasteiger partial charge in [-0.2, -0.15) is 0 Å². The molecule has 1 aromatic carbocycles. The number of aliphatic hydroxyl groups excluding tert-OH is 1. The Balaban J connectivity index is 1.56. The Kier molecular flexibility index (Phi) is 4.90. The van der Waals surface area contributed by atoms with Crippen LogP contribution in [0.1, 0.15) is 6.92 Å². The Morgan fingerprint density at radius 3 is 2.75 bits per heavy atom. The first kappa shape index (κ1) is 17.9. The van der Waals surface area contributed by atoms with Crippen molar-refractivity contribution < 1.29 is 14.6 Å². The lowest BCUT2D eigenvalue weighted by Crippen LogP contribution is -2.43. The molecule has 2 aromatic heterocycles. The number of amides is 1. The van der Waals surface area contributed by atoms with Crippen molar-refractivity contribution in [3.63, 3.8) is 0 Å². The molecular formula is C21H19N4O3. The van der Waals surface area contributed by atoms with Gasteiger partial charge in [0.05, 0.1) is 18.4 Å². The van der Waals surface area contributed by atoms with E-state index in [9.17, 15) is 9.90 Å². The second-order valence-electron chi connectivity index (χ2n) is 6.41. The minimum atomic E-state index is -1.09. The van der Waals surface area contributed by atoms with Gasteiger partial charge >= 0.3 is 0 Å². The van der Waals surface area contributed by atoms with Gasteiger partial charge in [0.2, 0.25) is 5.88 Å². The standard InChI is InChI=1S/C21H19N4O3/c1-14(26)21(27)25-9-10-28-20-18(25)11-17(13-23-20)24-19-8-7-16(12-22-19)15-5-3-2-4-6-15/h3-8,11-14,26H,9-10H2,1H3,(H,22,24). The van der Waals surface area contributed by atoms with Gasteiger partial charge in [0.1, 0.15) is 24.2 Å². The molecule has 1 unspecified atom stereocenters. The fourth-order valence-corrected chi connectivity index (χ4v) is 2.99. The lowest BCUT2D eigenvalue weighted by atomic mass is 10.1. The van der Waals surface area contributed by atoms with Crippen LogP contribution in [0.15, 0.2) is 54.9 Å². The number of hydrogen-bond acceptors (Lipinski definition) is 6. The van der Waals surface area contributed by atoms with E-state index in [0.29, 0.717) is 36.2 Å². The molecular weight excluding hydrogens is 356 g/mol. The average molecular weight is 375 g/mol. The number of anilines is 3. The van der Waals surface area contributed by atoms with Crippen molar-refractivity contribution in [3.05, 3.63) is 60.9 Å². The smallest absolute Gasteiger partial charge is 0.255 e. The summed E-state index contributed by atoms with van der Waals surface area (Å²) in [5.41, 5.74) is 3.27. The fourth-order valence-electron chi connectivity index (χ4n) is 2.99. The summed E-state index contributed by atoms with van der Waals surface area (Å²) in [5.74, 6) is 0.638. The Bertz CT molecular complexity index is 975. The number of nitrogens with zero attached hydrogens (tertiary/aromatic N) is 3. The third-order valence-electron chi connectivity index (χ3n) is 4.39. The molecule has 141 valence electrons. The van der Waals surface area contributed by atoms with E-state index in [4.69, 9.17) is 4.74 Å². The highest BCUT2D eigenvalue weighted by Crippen LogP contribution is 2.33. The summed E-state index contributed by atoms with van der Waals surface area (Å²) >= 11 is 0. The van der Waals surface area contributed by atoms with Crippen LogP contribution in [-0.2, 0) is 4.79 Å². The molecule has 7 heteroatoms. The summed E-state index contributed by atoms with van der Waals surface area (Å²) in [6, 6.07) is 16.3. The SMILES string of the molecule is CC(O)C(=O)N1CCOc2ncc(Nc3ccc(-c4cc[c]cc4)cn3)cc21. The van der Waals surface area contributed by atoms with E-state index in [0.717, 1.165) is 11.1 Å². The van der Waals surface area contributed by atoms with Gasteiger partial charge in [-0.25, -0.2) is 9.97 Å². The van der Waals surface area contributed by atoms with Crippen molar-refractivity contribution in [2.45, 2.75) is 13.0 Å². The average Bonchev–Trinajstić information content (AvgIpc) is 2.74. The number of fused-ring (bicyclic) bond motifs is 1. The second-order valence-corrected chi connectivity index (χ2v) is 6.41. The number of benzene rings is 1. The van der Waals surface area contributed by atoms with Crippen molar-refractivity contribution in [2.24, 2.45) is 0 Å². The van der Waals surface area contributed by atoms with Crippen LogP contribution < -0.4 is 15.0 Å². The zero-order chi connectivity index (χ0) is 19.5. The van der Waals surface area contributed by atoms with E-state index >= 15 is 0 Å². The molecule has 1 amide bonds. The molecule has 4 rings (SSSR count). The van der Waals surface area contributed by atoms with Gasteiger partial charge in [0.25, 0.3) is 5.91 Å². The van der Waals surface area contributed by atoms with E-state index in [1.54, 1.807) is 18.5 Å². The lowest BCUT2D eigenvalue weighted by molar-refractivity contribution is -0.126. The topological polar surface area (TPSA) is 87.6 Å². The minimum Gasteiger partial charge on any atom is -0.474 e. The molecule has 0 saturated carbocycles. The molecule has 3 aromatic rings. The molecule has 1 aliphatic rings. The Morgan fingerprint density at radius 1 is 1.21 bits per heavy atom. The fraction of sp³-hybridized carbons (Fsp3) is 0.190. The van der Waals surface area contributed by atoms with E-state index in [1.165, 1.54) is 11.8 Å². The molecule has 0 bridgehead atoms. The number of aromatic nitrogens is 2. The molecule has 1 aliphatic heterocycles. The Hall–Kier alpha value is -3.45. The maximum absolute atomic E-state index is 12.3. The van der Waals surface area contributed by atoms with E-state index in [2.05, 4.69) is 21.4 Å². The van der Waals surface area contributed by atoms with Gasteiger partial charge in [-0.1, -0.05) is 24.3 Å². The predicted octanol–water partition coefficient (Wildman–Crippen LogP) is 2.79. The summed E-state index contributed by atoms with van der Waals surface area (Å²) in [6.07, 6.45) is 2.32. The zero-order valence-electron chi connectivity index (χ0n) is 15.3. The van der Waals surface area contributed by atoms with Crippen LogP contribution in [0.3, 0.4) is 0 Å². The van der Waals surface area contributed by atoms with Gasteiger partial charge < -0.3 is 20.1 Å². The highest BCUT2D eigenvalue weighted by atomic mass is 16.5. The van der Waals surface area contributed by atoms with Crippen molar-refractivity contribution in [1.29, 1.82) is 0 Å². The van der Waals surface area contributed by atoms with Gasteiger partial charge in [-0.05, 0) is 36.8 Å². The van der Waals surface area contributed by atoms with Gasteiger partial charge in [0.15, 0.2) is 0 Å². The number of ether oxygens (including phenoxy) is 1. The third-order valence-corrected chi connectivity index (χ3v) is 4.39. The van der Waals surface area contributed by atoms with Gasteiger partial charge in [-0.15, -0.1) is 0 Å². The van der Waals surface area contributed by atoms with Crippen LogP contribution >= 0.6 is 0 Å². The number of rotatable bonds is 4. The minimum absolute atomic E-state index is 0.339. The molecule has 0 fully saturated rings. The van der Waals surface area contributed by atoms with Crippen LogP contribution in [0, 0.1) is 6.07 Å². The number of aliphatic hydroxyl groups is 1. The van der Waals surface area contributed by atoms with Crippen molar-refractivity contribution in [1.82, 2.24) is 9.97 Å². The second kappa shape index (κ2) is 7.66. The normalized spacial score (nSPS) is 14.0. The van der Waals surface area contributed by atoms with E-state index in [1.807, 2.05) is 36.4 Å². The number of hydrogen-bond donors (Lipinski definition) is 2. The summed E-state index contributed by atoms with van der Waals surface area (Å²) in [6.45, 7) is 2.15. The van der Waals surface area contributed by atoms with Crippen molar-refractivity contribution >= 4 is 23.1 Å². The maximum Gasteiger partial charge on any atom is 0.255 e. The summed E-state index contributed by atoms with van der Waals surface area (Å²) < 4.78 is 5.52. The first-order valence-electron chi connectivity index (χ1n) is 8.93. The van der Waals surface area contributed by atoms with Crippen LogP contribution in [0.25, 0.3) is 11.1 Å². The zero-order valence-corrected chi connectivity index (χ0v) is 15.3. The summed E-state index contributed by atoms with van der Waals surface area (Å²) in [4.78, 5) is 22.5. The van der Waals surface area contributed by atoms with Crippen LogP contribution in [0.4, 0.5) is 17.2 Å². The number of pyridine rings is 2. The molecule has 0 spiro atoms. The summed E-state index contributed by atoms with van der Waals surface area (Å²) in [5, 5.41) is 12.8. The van der Waals surface area contributed by atoms with Gasteiger partial charge in [-0.3, -0.25) is 4.79 Å². The molecule has 7 nitrogen and oxygen atoms in total. The lowest BCUT2D eigenvalue weighted by Gasteiger charge is -2.29.